The summed E-state index contributed by atoms with van der Waals surface area (Å²) in [6.45, 7) is 1.85. The van der Waals surface area contributed by atoms with Gasteiger partial charge in [-0.3, -0.25) is 9.36 Å². The summed E-state index contributed by atoms with van der Waals surface area (Å²) in [4.78, 5) is 9.58. The van der Waals surface area contributed by atoms with Crippen molar-refractivity contribution in [1.82, 2.24) is 33.8 Å². The lowest BCUT2D eigenvalue weighted by molar-refractivity contribution is 0.454. The van der Waals surface area contributed by atoms with E-state index in [-0.39, 0.29) is 0 Å². The van der Waals surface area contributed by atoms with E-state index in [0.717, 1.165) is 46.5 Å². The van der Waals surface area contributed by atoms with Gasteiger partial charge in [0.25, 0.3) is 0 Å². The Morgan fingerprint density at radius 2 is 1.72 bits per heavy atom. The fourth-order valence-corrected chi connectivity index (χ4v) is 5.48. The van der Waals surface area contributed by atoms with E-state index in [4.69, 9.17) is 4.98 Å². The molecule has 10 nitrogen and oxygen atoms in total. The SMILES string of the molecule is Cn1cc(-c2cccc(-c3ncc(-c4cnn(C)c4)c(NCCC4CCN(S(C)(=O)=O)C4)n3)c2)cn1. The molecule has 4 aromatic rings. The monoisotopic (exact) mass is 506 g/mol. The lowest BCUT2D eigenvalue weighted by Crippen LogP contribution is -2.27. The van der Waals surface area contributed by atoms with Crippen molar-refractivity contribution in [2.75, 3.05) is 31.2 Å². The highest BCUT2D eigenvalue weighted by atomic mass is 32.2. The number of aryl methyl sites for hydroxylation is 2. The number of nitrogens with one attached hydrogen (secondary N) is 1. The molecule has 1 fully saturated rings. The zero-order valence-corrected chi connectivity index (χ0v) is 21.5. The lowest BCUT2D eigenvalue weighted by atomic mass is 10.0. The predicted molar refractivity (Wildman–Crippen MR) is 140 cm³/mol. The summed E-state index contributed by atoms with van der Waals surface area (Å²) >= 11 is 0. The molecule has 1 N–H and O–H groups in total. The van der Waals surface area contributed by atoms with E-state index in [9.17, 15) is 8.42 Å². The second-order valence-electron chi connectivity index (χ2n) is 9.33. The van der Waals surface area contributed by atoms with Gasteiger partial charge in [-0.05, 0) is 30.4 Å². The Labute approximate surface area is 211 Å². The molecule has 1 saturated heterocycles. The first-order valence-electron chi connectivity index (χ1n) is 11.9. The number of hydrogen-bond donors (Lipinski definition) is 1. The Morgan fingerprint density at radius 1 is 1.00 bits per heavy atom. The molecule has 4 heterocycles. The maximum Gasteiger partial charge on any atom is 0.211 e. The number of aromatic nitrogens is 6. The van der Waals surface area contributed by atoms with Gasteiger partial charge in [0.2, 0.25) is 10.0 Å². The van der Waals surface area contributed by atoms with E-state index in [1.54, 1.807) is 19.9 Å². The quantitative estimate of drug-likeness (QED) is 0.391. The summed E-state index contributed by atoms with van der Waals surface area (Å²) in [5.41, 5.74) is 4.80. The normalized spacial score (nSPS) is 16.5. The average molecular weight is 507 g/mol. The van der Waals surface area contributed by atoms with Crippen LogP contribution in [0.2, 0.25) is 0 Å². The summed E-state index contributed by atoms with van der Waals surface area (Å²) in [6, 6.07) is 8.11. The summed E-state index contributed by atoms with van der Waals surface area (Å²) in [5.74, 6) is 1.68. The Hall–Kier alpha value is -3.57. The molecule has 0 saturated carbocycles. The van der Waals surface area contributed by atoms with Crippen molar-refractivity contribution in [1.29, 1.82) is 0 Å². The molecular formula is C25H30N8O2S. The van der Waals surface area contributed by atoms with Crippen LogP contribution in [0.1, 0.15) is 12.8 Å². The first kappa shape index (κ1) is 24.1. The van der Waals surface area contributed by atoms with Gasteiger partial charge in [-0.1, -0.05) is 18.2 Å². The number of sulfonamides is 1. The van der Waals surface area contributed by atoms with Crippen LogP contribution in [-0.2, 0) is 24.1 Å². The largest absolute Gasteiger partial charge is 0.369 e. The van der Waals surface area contributed by atoms with Gasteiger partial charge in [0, 0.05) is 74.6 Å². The average Bonchev–Trinajstić information content (AvgIpc) is 3.60. The van der Waals surface area contributed by atoms with Gasteiger partial charge in [0.1, 0.15) is 5.82 Å². The molecule has 0 spiro atoms. The number of hydrogen-bond acceptors (Lipinski definition) is 7. The van der Waals surface area contributed by atoms with Crippen LogP contribution in [0.25, 0.3) is 33.6 Å². The van der Waals surface area contributed by atoms with Crippen LogP contribution in [0.4, 0.5) is 5.82 Å². The maximum absolute atomic E-state index is 11.8. The van der Waals surface area contributed by atoms with Gasteiger partial charge in [0.05, 0.1) is 18.6 Å². The summed E-state index contributed by atoms with van der Waals surface area (Å²) < 4.78 is 28.8. The minimum atomic E-state index is -3.13. The zero-order valence-electron chi connectivity index (χ0n) is 20.7. The Balaban J connectivity index is 1.39. The van der Waals surface area contributed by atoms with Gasteiger partial charge in [-0.15, -0.1) is 0 Å². The van der Waals surface area contributed by atoms with Gasteiger partial charge in [0.15, 0.2) is 5.82 Å². The van der Waals surface area contributed by atoms with Crippen LogP contribution in [0.3, 0.4) is 0 Å². The Bertz CT molecular complexity index is 1480. The molecule has 188 valence electrons. The molecule has 1 aromatic carbocycles. The first-order chi connectivity index (χ1) is 17.3. The van der Waals surface area contributed by atoms with Gasteiger partial charge in [-0.2, -0.15) is 10.2 Å². The summed E-state index contributed by atoms with van der Waals surface area (Å²) in [6.07, 6.45) is 12.4. The van der Waals surface area contributed by atoms with E-state index in [1.807, 2.05) is 57.1 Å². The van der Waals surface area contributed by atoms with Crippen LogP contribution < -0.4 is 5.32 Å². The highest BCUT2D eigenvalue weighted by Gasteiger charge is 2.28. The molecule has 0 bridgehead atoms. The minimum Gasteiger partial charge on any atom is -0.369 e. The Kier molecular flexibility index (Phi) is 6.59. The smallest absolute Gasteiger partial charge is 0.211 e. The highest BCUT2D eigenvalue weighted by Crippen LogP contribution is 2.30. The first-order valence-corrected chi connectivity index (χ1v) is 13.8. The second-order valence-corrected chi connectivity index (χ2v) is 11.3. The van der Waals surface area contributed by atoms with E-state index in [2.05, 4.69) is 26.6 Å². The van der Waals surface area contributed by atoms with Crippen molar-refractivity contribution < 1.29 is 8.42 Å². The molecule has 1 atom stereocenters. The van der Waals surface area contributed by atoms with Crippen molar-refractivity contribution in [3.8, 4) is 33.6 Å². The fraction of sp³-hybridized carbons (Fsp3) is 0.360. The van der Waals surface area contributed by atoms with E-state index in [0.29, 0.717) is 31.4 Å². The number of rotatable bonds is 8. The standard InChI is InChI=1S/C25H30N8O2S/c1-31-16-21(12-28-31)19-5-4-6-20(11-19)24-27-14-23(22-13-29-32(2)17-22)25(30-24)26-9-7-18-8-10-33(15-18)36(3,34)35/h4-6,11-14,16-18H,7-10,15H2,1-3H3,(H,26,27,30). The topological polar surface area (TPSA) is 111 Å². The molecule has 36 heavy (non-hydrogen) atoms. The van der Waals surface area contributed by atoms with Crippen LogP contribution in [0.15, 0.2) is 55.2 Å². The molecule has 3 aromatic heterocycles. The molecule has 0 aliphatic carbocycles. The molecule has 11 heteroatoms. The summed E-state index contributed by atoms with van der Waals surface area (Å²) in [5, 5.41) is 12.1. The molecule has 5 rings (SSSR count). The zero-order chi connectivity index (χ0) is 25.3. The highest BCUT2D eigenvalue weighted by molar-refractivity contribution is 7.88. The second kappa shape index (κ2) is 9.82. The summed E-state index contributed by atoms with van der Waals surface area (Å²) in [7, 11) is 0.643. The molecular weight excluding hydrogens is 476 g/mol. The minimum absolute atomic E-state index is 0.325. The molecule has 1 unspecified atom stereocenters. The third kappa shape index (κ3) is 5.31. The number of nitrogens with zero attached hydrogens (tertiary/aromatic N) is 7. The third-order valence-corrected chi connectivity index (χ3v) is 7.80. The van der Waals surface area contributed by atoms with Crippen molar-refractivity contribution in [2.45, 2.75) is 12.8 Å². The number of anilines is 1. The van der Waals surface area contributed by atoms with Crippen LogP contribution in [0.5, 0.6) is 0 Å². The van der Waals surface area contributed by atoms with Crippen molar-refractivity contribution in [2.24, 2.45) is 20.0 Å². The molecule has 1 aliphatic heterocycles. The predicted octanol–water partition coefficient (Wildman–Crippen LogP) is 3.03. The van der Waals surface area contributed by atoms with Gasteiger partial charge < -0.3 is 5.32 Å². The third-order valence-electron chi connectivity index (χ3n) is 6.53. The van der Waals surface area contributed by atoms with Crippen molar-refractivity contribution >= 4 is 15.8 Å². The van der Waals surface area contributed by atoms with Crippen LogP contribution in [0, 0.1) is 5.92 Å². The van der Waals surface area contributed by atoms with Crippen molar-refractivity contribution in [3.05, 3.63) is 55.2 Å². The molecule has 0 radical (unpaired) electrons. The lowest BCUT2D eigenvalue weighted by Gasteiger charge is -2.15. The van der Waals surface area contributed by atoms with E-state index < -0.39 is 10.0 Å². The fourth-order valence-electron chi connectivity index (χ4n) is 4.56. The molecule has 0 amide bonds. The van der Waals surface area contributed by atoms with Gasteiger partial charge >= 0.3 is 0 Å². The van der Waals surface area contributed by atoms with E-state index in [1.165, 1.54) is 6.26 Å². The van der Waals surface area contributed by atoms with Crippen LogP contribution in [-0.4, -0.2) is 68.1 Å². The Morgan fingerprint density at radius 3 is 2.39 bits per heavy atom. The van der Waals surface area contributed by atoms with E-state index >= 15 is 0 Å². The maximum atomic E-state index is 11.8. The van der Waals surface area contributed by atoms with Crippen LogP contribution >= 0.6 is 0 Å². The van der Waals surface area contributed by atoms with Gasteiger partial charge in [-0.25, -0.2) is 22.7 Å². The molecule has 1 aliphatic rings. The number of benzene rings is 1. The van der Waals surface area contributed by atoms with Crippen molar-refractivity contribution in [3.63, 3.8) is 0 Å².